The van der Waals surface area contributed by atoms with Crippen molar-refractivity contribution in [1.82, 2.24) is 0 Å². The van der Waals surface area contributed by atoms with Gasteiger partial charge in [0.25, 0.3) is 0 Å². The molecule has 1 rings (SSSR count). The highest BCUT2D eigenvalue weighted by atomic mass is 16.5. The molecular weight excluding hydrogens is 100 g/mol. The van der Waals surface area contributed by atoms with Crippen molar-refractivity contribution in [1.29, 1.82) is 0 Å². The van der Waals surface area contributed by atoms with E-state index in [2.05, 4.69) is 6.58 Å². The fourth-order valence-corrected chi connectivity index (χ4v) is 0.843. The Hall–Kier alpha value is -0.300. The molecular formula is C7H12O. The molecule has 0 aliphatic heterocycles. The molecule has 1 aliphatic rings. The minimum Gasteiger partial charge on any atom is -0.378 e. The second-order valence-corrected chi connectivity index (χ2v) is 2.13. The van der Waals surface area contributed by atoms with Gasteiger partial charge in [0.05, 0.1) is 6.10 Å². The van der Waals surface area contributed by atoms with Crippen LogP contribution < -0.4 is 0 Å². The van der Waals surface area contributed by atoms with Crippen LogP contribution in [0.3, 0.4) is 0 Å². The molecule has 0 radical (unpaired) electrons. The highest BCUT2D eigenvalue weighted by molar-refractivity contribution is 4.99. The number of rotatable bonds is 3. The van der Waals surface area contributed by atoms with Crippen molar-refractivity contribution in [3.63, 3.8) is 0 Å². The van der Waals surface area contributed by atoms with Gasteiger partial charge in [-0.1, -0.05) is 6.08 Å². The first-order valence-electron chi connectivity index (χ1n) is 3.12. The molecule has 0 saturated heterocycles. The van der Waals surface area contributed by atoms with Crippen LogP contribution in [0.5, 0.6) is 0 Å². The van der Waals surface area contributed by atoms with Crippen LogP contribution >= 0.6 is 0 Å². The number of ether oxygens (including phenoxy) is 1. The summed E-state index contributed by atoms with van der Waals surface area (Å²) in [5.74, 6) is 0.662. The van der Waals surface area contributed by atoms with Gasteiger partial charge < -0.3 is 4.74 Å². The van der Waals surface area contributed by atoms with E-state index in [0.717, 1.165) is 6.61 Å². The van der Waals surface area contributed by atoms with Crippen LogP contribution in [0.4, 0.5) is 0 Å². The Morgan fingerprint density at radius 2 is 2.62 bits per heavy atom. The van der Waals surface area contributed by atoms with Crippen molar-refractivity contribution in [2.24, 2.45) is 5.92 Å². The minimum absolute atomic E-state index is 0.512. The predicted octanol–water partition coefficient (Wildman–Crippen LogP) is 1.60. The summed E-state index contributed by atoms with van der Waals surface area (Å²) in [6.07, 6.45) is 3.68. The summed E-state index contributed by atoms with van der Waals surface area (Å²) >= 11 is 0. The maximum absolute atomic E-state index is 5.29. The van der Waals surface area contributed by atoms with E-state index in [9.17, 15) is 0 Å². The monoisotopic (exact) mass is 112 g/mol. The predicted molar refractivity (Wildman–Crippen MR) is 33.7 cm³/mol. The molecule has 0 aromatic heterocycles. The smallest absolute Gasteiger partial charge is 0.0644 e. The third-order valence-electron chi connectivity index (χ3n) is 1.46. The molecule has 0 N–H and O–H groups in total. The van der Waals surface area contributed by atoms with E-state index in [4.69, 9.17) is 4.74 Å². The van der Waals surface area contributed by atoms with E-state index >= 15 is 0 Å². The second kappa shape index (κ2) is 2.31. The van der Waals surface area contributed by atoms with Crippen LogP contribution in [-0.4, -0.2) is 12.7 Å². The zero-order valence-electron chi connectivity index (χ0n) is 5.26. The van der Waals surface area contributed by atoms with Gasteiger partial charge in [-0.3, -0.25) is 0 Å². The van der Waals surface area contributed by atoms with Gasteiger partial charge in [-0.25, -0.2) is 0 Å². The van der Waals surface area contributed by atoms with Crippen molar-refractivity contribution >= 4 is 0 Å². The van der Waals surface area contributed by atoms with Gasteiger partial charge in [0.2, 0.25) is 0 Å². The van der Waals surface area contributed by atoms with Gasteiger partial charge in [-0.15, -0.1) is 6.58 Å². The van der Waals surface area contributed by atoms with E-state index in [1.165, 1.54) is 6.42 Å². The van der Waals surface area contributed by atoms with Crippen molar-refractivity contribution < 1.29 is 4.74 Å². The lowest BCUT2D eigenvalue weighted by Crippen LogP contribution is -1.93. The van der Waals surface area contributed by atoms with Crippen LogP contribution in [0.15, 0.2) is 12.7 Å². The highest BCUT2D eigenvalue weighted by Crippen LogP contribution is 2.33. The number of hydrogen-bond acceptors (Lipinski definition) is 1. The summed E-state index contributed by atoms with van der Waals surface area (Å²) in [7, 11) is 0. The average molecular weight is 112 g/mol. The van der Waals surface area contributed by atoms with Gasteiger partial charge in [0.15, 0.2) is 0 Å². The second-order valence-electron chi connectivity index (χ2n) is 2.13. The SMILES string of the molecule is C=CC1CC1OCC. The Balaban J connectivity index is 2.07. The molecule has 2 atom stereocenters. The fraction of sp³-hybridized carbons (Fsp3) is 0.714. The third-order valence-corrected chi connectivity index (χ3v) is 1.46. The van der Waals surface area contributed by atoms with Crippen molar-refractivity contribution in [2.45, 2.75) is 19.4 Å². The van der Waals surface area contributed by atoms with Gasteiger partial charge in [-0.2, -0.15) is 0 Å². The van der Waals surface area contributed by atoms with Crippen LogP contribution in [0.1, 0.15) is 13.3 Å². The maximum Gasteiger partial charge on any atom is 0.0644 e. The summed E-state index contributed by atoms with van der Waals surface area (Å²) in [6.45, 7) is 6.54. The van der Waals surface area contributed by atoms with Crippen molar-refractivity contribution in [2.75, 3.05) is 6.61 Å². The van der Waals surface area contributed by atoms with Crippen molar-refractivity contribution in [3.05, 3.63) is 12.7 Å². The van der Waals surface area contributed by atoms with Gasteiger partial charge in [-0.05, 0) is 13.3 Å². The summed E-state index contributed by atoms with van der Waals surface area (Å²) in [6, 6.07) is 0. The molecule has 0 aromatic rings. The first kappa shape index (κ1) is 5.83. The minimum atomic E-state index is 0.512. The zero-order valence-corrected chi connectivity index (χ0v) is 5.26. The molecule has 2 unspecified atom stereocenters. The molecule has 0 bridgehead atoms. The molecule has 0 aromatic carbocycles. The van der Waals surface area contributed by atoms with E-state index in [1.54, 1.807) is 0 Å². The molecule has 0 heterocycles. The first-order chi connectivity index (χ1) is 3.88. The Labute approximate surface area is 50.3 Å². The molecule has 1 nitrogen and oxygen atoms in total. The quantitative estimate of drug-likeness (QED) is 0.504. The Bertz CT molecular complexity index is 88.4. The molecule has 46 valence electrons. The van der Waals surface area contributed by atoms with Crippen LogP contribution in [0, 0.1) is 5.92 Å². The summed E-state index contributed by atoms with van der Waals surface area (Å²) in [4.78, 5) is 0. The lowest BCUT2D eigenvalue weighted by Gasteiger charge is -1.93. The standard InChI is InChI=1S/C7H12O/c1-3-6-5-7(6)8-4-2/h3,6-7H,1,4-5H2,2H3. The Morgan fingerprint density at radius 3 is 3.00 bits per heavy atom. The van der Waals surface area contributed by atoms with E-state index in [-0.39, 0.29) is 0 Å². The molecule has 1 saturated carbocycles. The maximum atomic E-state index is 5.29. The molecule has 1 fully saturated rings. The number of hydrogen-bond donors (Lipinski definition) is 0. The highest BCUT2D eigenvalue weighted by Gasteiger charge is 2.34. The van der Waals surface area contributed by atoms with Crippen LogP contribution in [0.2, 0.25) is 0 Å². The molecule has 0 spiro atoms. The fourth-order valence-electron chi connectivity index (χ4n) is 0.843. The topological polar surface area (TPSA) is 9.23 Å². The van der Waals surface area contributed by atoms with E-state index in [0.29, 0.717) is 12.0 Å². The van der Waals surface area contributed by atoms with Crippen molar-refractivity contribution in [3.8, 4) is 0 Å². The lowest BCUT2D eigenvalue weighted by molar-refractivity contribution is 0.126. The summed E-state index contributed by atoms with van der Waals surface area (Å²) in [5.41, 5.74) is 0. The van der Waals surface area contributed by atoms with Crippen LogP contribution in [0.25, 0.3) is 0 Å². The zero-order chi connectivity index (χ0) is 5.98. The normalized spacial score (nSPS) is 34.6. The molecule has 1 aliphatic carbocycles. The summed E-state index contributed by atoms with van der Waals surface area (Å²) < 4.78 is 5.29. The molecule has 0 amide bonds. The van der Waals surface area contributed by atoms with Gasteiger partial charge >= 0.3 is 0 Å². The van der Waals surface area contributed by atoms with Gasteiger partial charge in [0, 0.05) is 12.5 Å². The lowest BCUT2D eigenvalue weighted by atomic mass is 10.4. The first-order valence-corrected chi connectivity index (χ1v) is 3.12. The Morgan fingerprint density at radius 1 is 1.88 bits per heavy atom. The van der Waals surface area contributed by atoms with E-state index in [1.807, 2.05) is 13.0 Å². The molecule has 8 heavy (non-hydrogen) atoms. The Kier molecular flexibility index (Phi) is 1.69. The molecule has 1 heteroatoms. The largest absolute Gasteiger partial charge is 0.378 e. The summed E-state index contributed by atoms with van der Waals surface area (Å²) in [5, 5.41) is 0. The van der Waals surface area contributed by atoms with Crippen LogP contribution in [-0.2, 0) is 4.74 Å². The van der Waals surface area contributed by atoms with Gasteiger partial charge in [0.1, 0.15) is 0 Å². The third kappa shape index (κ3) is 1.10. The average Bonchev–Trinajstić information content (AvgIpc) is 2.48. The van der Waals surface area contributed by atoms with E-state index < -0.39 is 0 Å².